The van der Waals surface area contributed by atoms with Gasteiger partial charge < -0.3 is 15.2 Å². The van der Waals surface area contributed by atoms with Gasteiger partial charge in [0, 0.05) is 28.5 Å². The average molecular weight is 540 g/mol. The molecule has 1 unspecified atom stereocenters. The number of nitrogens with zero attached hydrogens (tertiary/aromatic N) is 3. The third-order valence-electron chi connectivity index (χ3n) is 5.93. The zero-order valence-electron chi connectivity index (χ0n) is 19.5. The molecular weight excluding hydrogens is 518 g/mol. The largest absolute Gasteiger partial charge is 0.435 e. The number of aliphatic hydroxyl groups is 1. The third kappa shape index (κ3) is 5.39. The third-order valence-corrected chi connectivity index (χ3v) is 7.08. The van der Waals surface area contributed by atoms with Gasteiger partial charge in [-0.05, 0) is 56.0 Å². The molecule has 1 aliphatic carbocycles. The molecule has 1 saturated carbocycles. The Balaban J connectivity index is 1.72. The second-order valence-electron chi connectivity index (χ2n) is 8.65. The van der Waals surface area contributed by atoms with Gasteiger partial charge in [-0.15, -0.1) is 10.2 Å². The number of carbonyl (C=O) groups is 1. The van der Waals surface area contributed by atoms with E-state index in [1.165, 1.54) is 42.7 Å². The van der Waals surface area contributed by atoms with E-state index in [-0.39, 0.29) is 16.1 Å². The van der Waals surface area contributed by atoms with Gasteiger partial charge in [0.1, 0.15) is 5.56 Å². The van der Waals surface area contributed by atoms with Gasteiger partial charge in [-0.1, -0.05) is 6.07 Å². The molecule has 1 amide bonds. The van der Waals surface area contributed by atoms with Crippen molar-refractivity contribution in [3.8, 4) is 11.8 Å². The van der Waals surface area contributed by atoms with E-state index < -0.39 is 61.9 Å². The van der Waals surface area contributed by atoms with Crippen molar-refractivity contribution in [3.63, 3.8) is 0 Å². The van der Waals surface area contributed by atoms with Gasteiger partial charge >= 0.3 is 6.18 Å². The molecule has 1 aliphatic rings. The van der Waals surface area contributed by atoms with Gasteiger partial charge in [0.15, 0.2) is 5.69 Å². The van der Waals surface area contributed by atoms with Gasteiger partial charge in [0.05, 0.1) is 15.3 Å². The van der Waals surface area contributed by atoms with Gasteiger partial charge in [0.2, 0.25) is 11.8 Å². The predicted octanol–water partition coefficient (Wildman–Crippen LogP) is 4.79. The van der Waals surface area contributed by atoms with Crippen LogP contribution in [0.15, 0.2) is 41.3 Å². The van der Waals surface area contributed by atoms with Crippen molar-refractivity contribution in [2.45, 2.75) is 42.9 Å². The summed E-state index contributed by atoms with van der Waals surface area (Å²) in [6.45, 7) is 1.00. The van der Waals surface area contributed by atoms with Gasteiger partial charge in [-0.3, -0.25) is 4.79 Å². The molecule has 1 fully saturated rings. The van der Waals surface area contributed by atoms with Crippen molar-refractivity contribution in [1.29, 1.82) is 4.78 Å². The highest BCUT2D eigenvalue weighted by Gasteiger charge is 2.40. The molecule has 1 atom stereocenters. The molecule has 0 bridgehead atoms. The van der Waals surface area contributed by atoms with Crippen molar-refractivity contribution < 1.29 is 36.4 Å². The van der Waals surface area contributed by atoms with Crippen LogP contribution in [-0.4, -0.2) is 36.7 Å². The molecule has 0 radical (unpaired) electrons. The summed E-state index contributed by atoms with van der Waals surface area (Å²) < 4.78 is 80.2. The SMILES string of the molecule is Cc1c(C(F)(F)F)nnc(Oc2ccc(C3(O)CCC3)c(F)n2)c1C(=O)Nc1cccc(S(C)(=N)=O)c1. The topological polar surface area (TPSA) is 138 Å². The Hall–Kier alpha value is -3.65. The number of pyridine rings is 1. The predicted molar refractivity (Wildman–Crippen MR) is 123 cm³/mol. The normalized spacial score (nSPS) is 16.4. The number of benzene rings is 1. The summed E-state index contributed by atoms with van der Waals surface area (Å²) in [6, 6.07) is 7.91. The van der Waals surface area contributed by atoms with E-state index in [1.807, 2.05) is 0 Å². The second-order valence-corrected chi connectivity index (χ2v) is 10.8. The summed E-state index contributed by atoms with van der Waals surface area (Å²) in [4.78, 5) is 16.8. The molecule has 3 N–H and O–H groups in total. The Labute approximate surface area is 208 Å². The number of hydrogen-bond donors (Lipinski definition) is 3. The quantitative estimate of drug-likeness (QED) is 0.302. The van der Waals surface area contributed by atoms with Crippen LogP contribution in [0, 0.1) is 17.7 Å². The van der Waals surface area contributed by atoms with Gasteiger partial charge in [0.25, 0.3) is 11.8 Å². The van der Waals surface area contributed by atoms with E-state index in [1.54, 1.807) is 0 Å². The first kappa shape index (κ1) is 26.4. The molecule has 1 aromatic carbocycles. The first-order valence-electron chi connectivity index (χ1n) is 10.9. The lowest BCUT2D eigenvalue weighted by molar-refractivity contribution is -0.142. The van der Waals surface area contributed by atoms with E-state index in [0.717, 1.165) is 6.92 Å². The van der Waals surface area contributed by atoms with Crippen molar-refractivity contribution in [2.24, 2.45) is 0 Å². The standard InChI is InChI=1S/C23H21F4N5O4S/c1-12-17(20(33)29-13-5-3-6-14(11-13)37(2,28)35)21(32-31-18(12)23(25,26)27)36-16-8-7-15(19(24)30-16)22(34)9-4-10-22/h3,5-8,11,28,34H,4,9-10H2,1-2H3,(H,29,33). The maximum atomic E-state index is 14.6. The molecule has 196 valence electrons. The molecule has 0 aliphatic heterocycles. The zero-order chi connectivity index (χ0) is 27.2. The first-order valence-corrected chi connectivity index (χ1v) is 12.8. The average Bonchev–Trinajstić information content (AvgIpc) is 2.76. The lowest BCUT2D eigenvalue weighted by atomic mass is 9.75. The van der Waals surface area contributed by atoms with Crippen molar-refractivity contribution in [2.75, 3.05) is 11.6 Å². The Bertz CT molecular complexity index is 1490. The van der Waals surface area contributed by atoms with Crippen LogP contribution in [0.2, 0.25) is 0 Å². The fourth-order valence-corrected chi connectivity index (χ4v) is 4.51. The minimum absolute atomic E-state index is 0.0412. The molecule has 37 heavy (non-hydrogen) atoms. The van der Waals surface area contributed by atoms with E-state index in [4.69, 9.17) is 9.52 Å². The minimum Gasteiger partial charge on any atom is -0.418 e. The minimum atomic E-state index is -4.94. The van der Waals surface area contributed by atoms with E-state index in [2.05, 4.69) is 20.5 Å². The number of hydrogen-bond acceptors (Lipinski definition) is 8. The second kappa shape index (κ2) is 9.34. The number of halogens is 4. The smallest absolute Gasteiger partial charge is 0.418 e. The Morgan fingerprint density at radius 3 is 2.49 bits per heavy atom. The zero-order valence-corrected chi connectivity index (χ0v) is 20.3. The number of anilines is 1. The summed E-state index contributed by atoms with van der Waals surface area (Å²) in [6.07, 6.45) is -2.34. The molecule has 2 heterocycles. The summed E-state index contributed by atoms with van der Waals surface area (Å²) in [5, 5.41) is 19.3. The number of aromatic nitrogens is 3. The van der Waals surface area contributed by atoms with E-state index in [9.17, 15) is 31.7 Å². The number of carbonyl (C=O) groups excluding carboxylic acids is 1. The fraction of sp³-hybridized carbons (Fsp3) is 0.304. The van der Waals surface area contributed by atoms with Crippen LogP contribution in [-0.2, 0) is 21.5 Å². The Morgan fingerprint density at radius 1 is 1.22 bits per heavy atom. The summed E-state index contributed by atoms with van der Waals surface area (Å²) in [5.74, 6) is -3.19. The molecule has 9 nitrogen and oxygen atoms in total. The van der Waals surface area contributed by atoms with Gasteiger partial charge in [-0.25, -0.2) is 8.99 Å². The molecule has 0 spiro atoms. The van der Waals surface area contributed by atoms with Crippen molar-refractivity contribution in [1.82, 2.24) is 15.2 Å². The number of rotatable bonds is 6. The Morgan fingerprint density at radius 2 is 1.92 bits per heavy atom. The van der Waals surface area contributed by atoms with Crippen LogP contribution in [0.25, 0.3) is 0 Å². The van der Waals surface area contributed by atoms with Crippen LogP contribution >= 0.6 is 0 Å². The monoisotopic (exact) mass is 539 g/mol. The van der Waals surface area contributed by atoms with Crippen molar-refractivity contribution in [3.05, 3.63) is 64.7 Å². The van der Waals surface area contributed by atoms with Gasteiger partial charge in [-0.2, -0.15) is 22.5 Å². The number of amides is 1. The Kier molecular flexibility index (Phi) is 6.67. The highest BCUT2D eigenvalue weighted by Crippen LogP contribution is 2.42. The lowest BCUT2D eigenvalue weighted by Gasteiger charge is -2.36. The van der Waals surface area contributed by atoms with Crippen LogP contribution < -0.4 is 10.1 Å². The summed E-state index contributed by atoms with van der Waals surface area (Å²) in [7, 11) is -3.13. The molecular formula is C23H21F4N5O4S. The number of alkyl halides is 3. The molecule has 4 rings (SSSR count). The molecule has 14 heteroatoms. The fourth-order valence-electron chi connectivity index (χ4n) is 3.82. The first-order chi connectivity index (χ1) is 17.2. The summed E-state index contributed by atoms with van der Waals surface area (Å²) >= 11 is 0. The lowest BCUT2D eigenvalue weighted by Crippen LogP contribution is -2.34. The van der Waals surface area contributed by atoms with Crippen LogP contribution in [0.3, 0.4) is 0 Å². The van der Waals surface area contributed by atoms with Crippen LogP contribution in [0.4, 0.5) is 23.2 Å². The maximum absolute atomic E-state index is 14.6. The highest BCUT2D eigenvalue weighted by atomic mass is 32.2. The molecule has 3 aromatic rings. The highest BCUT2D eigenvalue weighted by molar-refractivity contribution is 7.91. The van der Waals surface area contributed by atoms with Crippen LogP contribution in [0.1, 0.15) is 46.4 Å². The maximum Gasteiger partial charge on any atom is 0.435 e. The van der Waals surface area contributed by atoms with E-state index >= 15 is 0 Å². The van der Waals surface area contributed by atoms with Crippen molar-refractivity contribution >= 4 is 21.3 Å². The van der Waals surface area contributed by atoms with E-state index in [0.29, 0.717) is 19.3 Å². The molecule has 2 aromatic heterocycles. The van der Waals surface area contributed by atoms with Crippen LogP contribution in [0.5, 0.6) is 11.8 Å². The molecule has 0 saturated heterocycles. The number of ether oxygens (including phenoxy) is 1. The summed E-state index contributed by atoms with van der Waals surface area (Å²) in [5.41, 5.74) is -4.00. The number of nitrogens with one attached hydrogen (secondary N) is 2.